The standard InChI is InChI=1S/C10H15N3O3S/c1-7(14)9(11)10(15)13-17(12,16)8-5-3-2-4-6-8/h2-7,9,14H,11H2,1H3,(H2,12,13,15,16)/t7-,9+,17?/m1/s1. The Morgan fingerprint density at radius 1 is 1.47 bits per heavy atom. The van der Waals surface area contributed by atoms with Gasteiger partial charge in [-0.2, -0.15) is 0 Å². The van der Waals surface area contributed by atoms with E-state index in [-0.39, 0.29) is 4.90 Å². The summed E-state index contributed by atoms with van der Waals surface area (Å²) in [5.41, 5.74) is 5.37. The molecule has 0 bridgehead atoms. The Balaban J connectivity index is 2.85. The number of hydrogen-bond acceptors (Lipinski definition) is 5. The smallest absolute Gasteiger partial charge is 0.252 e. The van der Waals surface area contributed by atoms with Crippen LogP contribution in [0.2, 0.25) is 0 Å². The van der Waals surface area contributed by atoms with E-state index >= 15 is 0 Å². The highest BCUT2D eigenvalue weighted by Crippen LogP contribution is 2.08. The molecule has 0 fully saturated rings. The molecular formula is C10H15N3O3S. The predicted molar refractivity (Wildman–Crippen MR) is 63.4 cm³/mol. The van der Waals surface area contributed by atoms with E-state index in [9.17, 15) is 9.00 Å². The number of hydrogen-bond donors (Lipinski definition) is 4. The third-order valence-corrected chi connectivity index (χ3v) is 3.57. The molecule has 1 amide bonds. The van der Waals surface area contributed by atoms with Gasteiger partial charge < -0.3 is 10.8 Å². The van der Waals surface area contributed by atoms with Gasteiger partial charge in [-0.05, 0) is 19.1 Å². The van der Waals surface area contributed by atoms with Crippen LogP contribution < -0.4 is 10.5 Å². The summed E-state index contributed by atoms with van der Waals surface area (Å²) in [6, 6.07) is 6.69. The molecule has 94 valence electrons. The van der Waals surface area contributed by atoms with Crippen molar-refractivity contribution in [3.8, 4) is 0 Å². The van der Waals surface area contributed by atoms with Crippen LogP contribution in [0.25, 0.3) is 0 Å². The van der Waals surface area contributed by atoms with Gasteiger partial charge in [-0.3, -0.25) is 9.52 Å². The molecule has 0 saturated heterocycles. The number of aliphatic hydroxyl groups is 1. The lowest BCUT2D eigenvalue weighted by Crippen LogP contribution is -2.48. The molecule has 5 N–H and O–H groups in total. The molecule has 3 atom stereocenters. The fourth-order valence-corrected chi connectivity index (χ4v) is 2.18. The second-order valence-electron chi connectivity index (χ2n) is 3.60. The van der Waals surface area contributed by atoms with E-state index in [1.54, 1.807) is 18.2 Å². The lowest BCUT2D eigenvalue weighted by Gasteiger charge is -2.16. The topological polar surface area (TPSA) is 116 Å². The fraction of sp³-hybridized carbons (Fsp3) is 0.300. The Morgan fingerprint density at radius 3 is 2.47 bits per heavy atom. The molecule has 1 rings (SSSR count). The second kappa shape index (κ2) is 5.26. The Bertz CT molecular complexity index is 485. The summed E-state index contributed by atoms with van der Waals surface area (Å²) in [6.45, 7) is 1.35. The predicted octanol–water partition coefficient (Wildman–Crippen LogP) is -0.168. The monoisotopic (exact) mass is 257 g/mol. The average Bonchev–Trinajstić information content (AvgIpc) is 2.28. The number of rotatable bonds is 4. The zero-order valence-electron chi connectivity index (χ0n) is 9.29. The maximum absolute atomic E-state index is 11.9. The molecular weight excluding hydrogens is 242 g/mol. The van der Waals surface area contributed by atoms with Crippen molar-refractivity contribution in [1.82, 2.24) is 4.72 Å². The first-order chi connectivity index (χ1) is 7.84. The van der Waals surface area contributed by atoms with E-state index in [1.807, 2.05) is 4.72 Å². The Labute approximate surface area is 99.9 Å². The van der Waals surface area contributed by atoms with Crippen LogP contribution in [0.3, 0.4) is 0 Å². The quantitative estimate of drug-likeness (QED) is 0.599. The van der Waals surface area contributed by atoms with Gasteiger partial charge >= 0.3 is 0 Å². The van der Waals surface area contributed by atoms with Gasteiger partial charge in [0, 0.05) is 0 Å². The van der Waals surface area contributed by atoms with Crippen molar-refractivity contribution in [3.05, 3.63) is 30.3 Å². The van der Waals surface area contributed by atoms with E-state index < -0.39 is 28.0 Å². The van der Waals surface area contributed by atoms with Crippen LogP contribution in [0.1, 0.15) is 6.92 Å². The van der Waals surface area contributed by atoms with Gasteiger partial charge in [0.15, 0.2) is 9.92 Å². The molecule has 0 heterocycles. The zero-order valence-corrected chi connectivity index (χ0v) is 10.1. The summed E-state index contributed by atoms with van der Waals surface area (Å²) >= 11 is 0. The molecule has 0 spiro atoms. The third-order valence-electron chi connectivity index (χ3n) is 2.14. The summed E-state index contributed by atoms with van der Waals surface area (Å²) < 4.78 is 21.5. The molecule has 7 heteroatoms. The maximum Gasteiger partial charge on any atom is 0.252 e. The molecule has 0 aliphatic rings. The van der Waals surface area contributed by atoms with Crippen molar-refractivity contribution >= 4 is 15.8 Å². The number of nitrogens with one attached hydrogen (secondary N) is 2. The Hall–Kier alpha value is -1.44. The molecule has 0 aliphatic heterocycles. The first-order valence-electron chi connectivity index (χ1n) is 4.93. The zero-order chi connectivity index (χ0) is 13.1. The van der Waals surface area contributed by atoms with E-state index in [2.05, 4.69) is 0 Å². The minimum atomic E-state index is -3.43. The summed E-state index contributed by atoms with van der Waals surface area (Å²) in [4.78, 5) is 11.7. The van der Waals surface area contributed by atoms with Crippen molar-refractivity contribution in [2.45, 2.75) is 24.0 Å². The molecule has 6 nitrogen and oxygen atoms in total. The normalized spacial score (nSPS) is 17.8. The number of carbonyl (C=O) groups is 1. The van der Waals surface area contributed by atoms with E-state index in [4.69, 9.17) is 15.6 Å². The lowest BCUT2D eigenvalue weighted by atomic mass is 10.2. The van der Waals surface area contributed by atoms with Gasteiger partial charge in [0.2, 0.25) is 0 Å². The largest absolute Gasteiger partial charge is 0.391 e. The van der Waals surface area contributed by atoms with Crippen molar-refractivity contribution in [1.29, 1.82) is 4.78 Å². The van der Waals surface area contributed by atoms with Crippen molar-refractivity contribution in [2.24, 2.45) is 5.73 Å². The fourth-order valence-electron chi connectivity index (χ4n) is 1.10. The summed E-state index contributed by atoms with van der Waals surface area (Å²) in [6.07, 6.45) is -1.07. The third kappa shape index (κ3) is 3.52. The minimum absolute atomic E-state index is 0.186. The molecule has 0 aliphatic carbocycles. The highest BCUT2D eigenvalue weighted by Gasteiger charge is 2.22. The number of benzene rings is 1. The van der Waals surface area contributed by atoms with Crippen LogP contribution in [-0.4, -0.2) is 27.4 Å². The van der Waals surface area contributed by atoms with Gasteiger partial charge in [-0.1, -0.05) is 18.2 Å². The Morgan fingerprint density at radius 2 is 2.00 bits per heavy atom. The first kappa shape index (κ1) is 13.6. The molecule has 0 aromatic heterocycles. The molecule has 17 heavy (non-hydrogen) atoms. The van der Waals surface area contributed by atoms with Crippen LogP contribution in [-0.2, 0) is 14.7 Å². The van der Waals surface area contributed by atoms with Crippen LogP contribution in [0.4, 0.5) is 0 Å². The van der Waals surface area contributed by atoms with Gasteiger partial charge in [0.05, 0.1) is 11.0 Å². The lowest BCUT2D eigenvalue weighted by molar-refractivity contribution is -0.122. The van der Waals surface area contributed by atoms with E-state index in [1.165, 1.54) is 19.1 Å². The number of amides is 1. The van der Waals surface area contributed by atoms with Gasteiger partial charge in [0.1, 0.15) is 6.04 Å². The number of aliphatic hydroxyl groups excluding tert-OH is 1. The van der Waals surface area contributed by atoms with Crippen LogP contribution in [0.15, 0.2) is 35.2 Å². The van der Waals surface area contributed by atoms with Crippen LogP contribution >= 0.6 is 0 Å². The highest BCUT2D eigenvalue weighted by atomic mass is 32.2. The second-order valence-corrected chi connectivity index (χ2v) is 5.39. The molecule has 0 radical (unpaired) electrons. The first-order valence-corrected chi connectivity index (χ1v) is 6.49. The van der Waals surface area contributed by atoms with Crippen LogP contribution in [0.5, 0.6) is 0 Å². The molecule has 1 aromatic carbocycles. The van der Waals surface area contributed by atoms with Crippen molar-refractivity contribution in [2.75, 3.05) is 0 Å². The molecule has 1 unspecified atom stereocenters. The van der Waals surface area contributed by atoms with E-state index in [0.717, 1.165) is 0 Å². The summed E-state index contributed by atoms with van der Waals surface area (Å²) in [5, 5.41) is 9.12. The summed E-state index contributed by atoms with van der Waals surface area (Å²) in [5.74, 6) is -0.816. The molecule has 0 saturated carbocycles. The molecule has 1 aromatic rings. The SMILES string of the molecule is C[C@@H](O)[C@H](N)C(=O)NS(=N)(=O)c1ccccc1. The average molecular weight is 257 g/mol. The van der Waals surface area contributed by atoms with Gasteiger partial charge in [0.25, 0.3) is 5.91 Å². The number of carbonyl (C=O) groups excluding carboxylic acids is 1. The van der Waals surface area contributed by atoms with Crippen molar-refractivity contribution < 1.29 is 14.1 Å². The number of nitrogens with two attached hydrogens (primary N) is 1. The van der Waals surface area contributed by atoms with Gasteiger partial charge in [-0.15, -0.1) is 0 Å². The summed E-state index contributed by atoms with van der Waals surface area (Å²) in [7, 11) is -3.43. The van der Waals surface area contributed by atoms with E-state index in [0.29, 0.717) is 0 Å². The highest BCUT2D eigenvalue weighted by molar-refractivity contribution is 7.91. The minimum Gasteiger partial charge on any atom is -0.391 e. The van der Waals surface area contributed by atoms with Crippen LogP contribution in [0, 0.1) is 4.78 Å². The Kier molecular flexibility index (Phi) is 4.22. The maximum atomic E-state index is 11.9. The van der Waals surface area contributed by atoms with Gasteiger partial charge in [-0.25, -0.2) is 8.99 Å². The van der Waals surface area contributed by atoms with Crippen molar-refractivity contribution in [3.63, 3.8) is 0 Å².